The summed E-state index contributed by atoms with van der Waals surface area (Å²) in [5.74, 6) is 0.196. The van der Waals surface area contributed by atoms with Crippen LogP contribution in [0.25, 0.3) is 0 Å². The lowest BCUT2D eigenvalue weighted by atomic mass is 10.1. The normalized spacial score (nSPS) is 12.3. The van der Waals surface area contributed by atoms with Crippen LogP contribution in [0.5, 0.6) is 5.75 Å². The second kappa shape index (κ2) is 9.78. The topological polar surface area (TPSA) is 119 Å². The van der Waals surface area contributed by atoms with Gasteiger partial charge in [-0.3, -0.25) is 19.2 Å². The molecule has 0 aromatic heterocycles. The third-order valence-electron chi connectivity index (χ3n) is 5.00. The van der Waals surface area contributed by atoms with Crippen LogP contribution in [0.3, 0.4) is 0 Å². The molecule has 1 N–H and O–H groups in total. The Morgan fingerprint density at radius 2 is 1.77 bits per heavy atom. The smallest absolute Gasteiger partial charge is 0.273 e. The van der Waals surface area contributed by atoms with Crippen molar-refractivity contribution in [2.24, 2.45) is 5.92 Å². The van der Waals surface area contributed by atoms with Crippen molar-refractivity contribution in [3.63, 3.8) is 0 Å². The Labute approximate surface area is 182 Å². The Balaban J connectivity index is 2.51. The number of anilines is 1. The van der Waals surface area contributed by atoms with Gasteiger partial charge in [-0.25, -0.2) is 8.42 Å². The zero-order chi connectivity index (χ0) is 23.3. The SMILES string of the molecule is COc1ccc(N(CC(=O)NC(C)C(C)C)S(=O)(=O)c2ccc(C)c([N+](=O)[O-])c2)cc1. The molecule has 10 heteroatoms. The van der Waals surface area contributed by atoms with E-state index in [1.54, 1.807) is 12.1 Å². The fourth-order valence-electron chi connectivity index (χ4n) is 2.73. The van der Waals surface area contributed by atoms with Crippen molar-refractivity contribution in [2.45, 2.75) is 38.6 Å². The number of nitrogens with one attached hydrogen (secondary N) is 1. The number of nitro groups is 1. The molecule has 168 valence electrons. The summed E-state index contributed by atoms with van der Waals surface area (Å²) in [4.78, 5) is 23.0. The molecule has 2 aromatic carbocycles. The highest BCUT2D eigenvalue weighted by molar-refractivity contribution is 7.92. The first-order chi connectivity index (χ1) is 14.5. The van der Waals surface area contributed by atoms with E-state index in [2.05, 4.69) is 5.32 Å². The Kier molecular flexibility index (Phi) is 7.61. The minimum absolute atomic E-state index is 0.159. The van der Waals surface area contributed by atoms with Gasteiger partial charge < -0.3 is 10.1 Å². The number of hydrogen-bond donors (Lipinski definition) is 1. The van der Waals surface area contributed by atoms with Crippen molar-refractivity contribution in [3.05, 3.63) is 58.1 Å². The number of nitrogens with zero attached hydrogens (tertiary/aromatic N) is 2. The largest absolute Gasteiger partial charge is 0.497 e. The lowest BCUT2D eigenvalue weighted by Gasteiger charge is -2.26. The summed E-state index contributed by atoms with van der Waals surface area (Å²) < 4.78 is 32.9. The number of carbonyl (C=O) groups is 1. The van der Waals surface area contributed by atoms with E-state index in [4.69, 9.17) is 4.74 Å². The molecule has 0 spiro atoms. The average Bonchev–Trinajstić information content (AvgIpc) is 2.71. The zero-order valence-corrected chi connectivity index (χ0v) is 19.0. The molecule has 0 saturated carbocycles. The molecule has 0 fully saturated rings. The van der Waals surface area contributed by atoms with Crippen LogP contribution in [-0.4, -0.2) is 38.9 Å². The first-order valence-corrected chi connectivity index (χ1v) is 11.1. The predicted molar refractivity (Wildman–Crippen MR) is 118 cm³/mol. The molecule has 0 aliphatic carbocycles. The summed E-state index contributed by atoms with van der Waals surface area (Å²) >= 11 is 0. The van der Waals surface area contributed by atoms with Gasteiger partial charge in [0.05, 0.1) is 22.6 Å². The molecule has 0 bridgehead atoms. The van der Waals surface area contributed by atoms with Crippen molar-refractivity contribution >= 4 is 27.3 Å². The fraction of sp³-hybridized carbons (Fsp3) is 0.381. The molecule has 1 amide bonds. The van der Waals surface area contributed by atoms with E-state index in [9.17, 15) is 23.3 Å². The van der Waals surface area contributed by atoms with Gasteiger partial charge >= 0.3 is 0 Å². The second-order valence-corrected chi connectivity index (χ2v) is 9.38. The maximum Gasteiger partial charge on any atom is 0.273 e. The number of methoxy groups -OCH3 is 1. The summed E-state index contributed by atoms with van der Waals surface area (Å²) in [6.45, 7) is 6.75. The summed E-state index contributed by atoms with van der Waals surface area (Å²) in [6.07, 6.45) is 0. The van der Waals surface area contributed by atoms with Crippen LogP contribution >= 0.6 is 0 Å². The Morgan fingerprint density at radius 3 is 2.29 bits per heavy atom. The third-order valence-corrected chi connectivity index (χ3v) is 6.77. The Bertz CT molecular complexity index is 1050. The lowest BCUT2D eigenvalue weighted by molar-refractivity contribution is -0.385. The van der Waals surface area contributed by atoms with Gasteiger partial charge in [0.25, 0.3) is 15.7 Å². The molecule has 1 atom stereocenters. The molecule has 0 radical (unpaired) electrons. The first-order valence-electron chi connectivity index (χ1n) is 9.68. The molecule has 1 unspecified atom stereocenters. The molecular weight excluding hydrogens is 422 g/mol. The van der Waals surface area contributed by atoms with E-state index in [-0.39, 0.29) is 28.2 Å². The maximum atomic E-state index is 13.4. The molecule has 2 aromatic rings. The molecule has 2 rings (SSSR count). The highest BCUT2D eigenvalue weighted by Crippen LogP contribution is 2.29. The number of benzene rings is 2. The summed E-state index contributed by atoms with van der Waals surface area (Å²) in [6, 6.07) is 9.69. The number of amides is 1. The fourth-order valence-corrected chi connectivity index (χ4v) is 4.18. The number of carbonyl (C=O) groups excluding carboxylic acids is 1. The Hall–Kier alpha value is -3.14. The highest BCUT2D eigenvalue weighted by Gasteiger charge is 2.29. The van der Waals surface area contributed by atoms with E-state index in [0.717, 1.165) is 10.4 Å². The van der Waals surface area contributed by atoms with E-state index in [1.165, 1.54) is 38.3 Å². The standard InChI is InChI=1S/C21H27N3O6S/c1-14(2)16(4)22-21(25)13-23(17-7-9-18(30-5)10-8-17)31(28,29)19-11-6-15(3)20(12-19)24(26)27/h6-12,14,16H,13H2,1-5H3,(H,22,25). The van der Waals surface area contributed by atoms with Crippen LogP contribution in [0.2, 0.25) is 0 Å². The van der Waals surface area contributed by atoms with Gasteiger partial charge in [-0.2, -0.15) is 0 Å². The third kappa shape index (κ3) is 5.72. The monoisotopic (exact) mass is 449 g/mol. The van der Waals surface area contributed by atoms with Crippen molar-refractivity contribution < 1.29 is 22.9 Å². The van der Waals surface area contributed by atoms with Gasteiger partial charge in [0.15, 0.2) is 0 Å². The molecular formula is C21H27N3O6S. The number of aryl methyl sites for hydroxylation is 1. The average molecular weight is 450 g/mol. The van der Waals surface area contributed by atoms with Crippen LogP contribution < -0.4 is 14.4 Å². The minimum atomic E-state index is -4.27. The van der Waals surface area contributed by atoms with Crippen molar-refractivity contribution in [3.8, 4) is 5.75 Å². The van der Waals surface area contributed by atoms with E-state index >= 15 is 0 Å². The quantitative estimate of drug-likeness (QED) is 0.464. The van der Waals surface area contributed by atoms with Crippen molar-refractivity contribution in [1.82, 2.24) is 5.32 Å². The molecule has 31 heavy (non-hydrogen) atoms. The van der Waals surface area contributed by atoms with Crippen LogP contribution in [0, 0.1) is 23.0 Å². The van der Waals surface area contributed by atoms with Crippen molar-refractivity contribution in [1.29, 1.82) is 0 Å². The summed E-state index contributed by atoms with van der Waals surface area (Å²) in [5.41, 5.74) is 0.258. The molecule has 9 nitrogen and oxygen atoms in total. The number of hydrogen-bond acceptors (Lipinski definition) is 6. The minimum Gasteiger partial charge on any atom is -0.497 e. The van der Waals surface area contributed by atoms with Gasteiger partial charge in [0.1, 0.15) is 12.3 Å². The van der Waals surface area contributed by atoms with Gasteiger partial charge in [0.2, 0.25) is 5.91 Å². The molecule has 0 aliphatic heterocycles. The second-order valence-electron chi connectivity index (χ2n) is 7.52. The van der Waals surface area contributed by atoms with E-state index in [1.807, 2.05) is 20.8 Å². The van der Waals surface area contributed by atoms with Gasteiger partial charge in [-0.05, 0) is 50.1 Å². The summed E-state index contributed by atoms with van der Waals surface area (Å²) in [7, 11) is -2.79. The number of nitro benzene ring substituents is 1. The number of sulfonamides is 1. The van der Waals surface area contributed by atoms with Gasteiger partial charge in [-0.1, -0.05) is 19.9 Å². The van der Waals surface area contributed by atoms with Crippen LogP contribution in [-0.2, 0) is 14.8 Å². The highest BCUT2D eigenvalue weighted by atomic mass is 32.2. The van der Waals surface area contributed by atoms with Crippen LogP contribution in [0.15, 0.2) is 47.4 Å². The number of rotatable bonds is 9. The first kappa shape index (κ1) is 24.1. The van der Waals surface area contributed by atoms with Crippen LogP contribution in [0.4, 0.5) is 11.4 Å². The van der Waals surface area contributed by atoms with E-state index in [0.29, 0.717) is 11.3 Å². The Morgan fingerprint density at radius 1 is 1.16 bits per heavy atom. The maximum absolute atomic E-state index is 13.4. The molecule has 0 saturated heterocycles. The van der Waals surface area contributed by atoms with Crippen LogP contribution in [0.1, 0.15) is 26.3 Å². The predicted octanol–water partition coefficient (Wildman–Crippen LogP) is 3.27. The lowest BCUT2D eigenvalue weighted by Crippen LogP contribution is -2.45. The molecule has 0 aliphatic rings. The zero-order valence-electron chi connectivity index (χ0n) is 18.2. The molecule has 0 heterocycles. The van der Waals surface area contributed by atoms with E-state index < -0.39 is 27.4 Å². The van der Waals surface area contributed by atoms with Crippen molar-refractivity contribution in [2.75, 3.05) is 18.0 Å². The van der Waals surface area contributed by atoms with Gasteiger partial charge in [0, 0.05) is 17.7 Å². The summed E-state index contributed by atoms with van der Waals surface area (Å²) in [5, 5.41) is 14.1. The van der Waals surface area contributed by atoms with Gasteiger partial charge in [-0.15, -0.1) is 0 Å². The number of ether oxygens (including phenoxy) is 1.